The number of phenolic OH excluding ortho intramolecular Hbond substituents is 1. The number of aromatic nitrogens is 1. The third-order valence-electron chi connectivity index (χ3n) is 4.84. The highest BCUT2D eigenvalue weighted by molar-refractivity contribution is 14.1. The molecule has 0 fully saturated rings. The van der Waals surface area contributed by atoms with Crippen LogP contribution in [0, 0.1) is 3.57 Å². The van der Waals surface area contributed by atoms with Gasteiger partial charge in [0.1, 0.15) is 5.75 Å². The summed E-state index contributed by atoms with van der Waals surface area (Å²) in [5.74, 6) is 0.332. The molecule has 3 rings (SSSR count). The maximum atomic E-state index is 10.2. The van der Waals surface area contributed by atoms with Crippen molar-refractivity contribution in [3.05, 3.63) is 57.8 Å². The van der Waals surface area contributed by atoms with Gasteiger partial charge in [0.25, 0.3) is 0 Å². The average Bonchev–Trinajstić information content (AvgIpc) is 2.69. The molecule has 2 aromatic carbocycles. The first kappa shape index (κ1) is 20.9. The summed E-state index contributed by atoms with van der Waals surface area (Å²) in [6.45, 7) is 3.89. The van der Waals surface area contributed by atoms with Crippen molar-refractivity contribution in [2.45, 2.75) is 45.6 Å². The van der Waals surface area contributed by atoms with Gasteiger partial charge in [0, 0.05) is 38.6 Å². The lowest BCUT2D eigenvalue weighted by Gasteiger charge is -2.13. The second-order valence-corrected chi connectivity index (χ2v) is 8.33. The molecular formula is C23H28IN3O. The Hall–Kier alpha value is -1.86. The fourth-order valence-corrected chi connectivity index (χ4v) is 3.74. The fraction of sp³-hybridized carbons (Fsp3) is 0.348. The Bertz CT molecular complexity index is 913. The average molecular weight is 489 g/mol. The molecule has 0 aliphatic heterocycles. The van der Waals surface area contributed by atoms with Crippen LogP contribution < -0.4 is 10.6 Å². The first-order valence-corrected chi connectivity index (χ1v) is 11.1. The molecule has 0 amide bonds. The number of hydrogen-bond acceptors (Lipinski definition) is 4. The molecule has 0 aliphatic rings. The second-order valence-electron chi connectivity index (χ2n) is 7.08. The molecule has 0 saturated carbocycles. The number of hydrogen-bond donors (Lipinski definition) is 3. The third kappa shape index (κ3) is 5.82. The minimum atomic E-state index is 0.332. The quantitative estimate of drug-likeness (QED) is 0.177. The van der Waals surface area contributed by atoms with Crippen LogP contribution in [0.1, 0.15) is 44.6 Å². The van der Waals surface area contributed by atoms with E-state index in [-0.39, 0.29) is 0 Å². The summed E-state index contributed by atoms with van der Waals surface area (Å²) in [4.78, 5) is 4.46. The largest absolute Gasteiger partial charge is 0.508 e. The zero-order valence-corrected chi connectivity index (χ0v) is 18.5. The lowest BCUT2D eigenvalue weighted by Crippen LogP contribution is -2.14. The molecule has 0 unspecified atom stereocenters. The fourth-order valence-electron chi connectivity index (χ4n) is 3.27. The summed E-state index contributed by atoms with van der Waals surface area (Å²) in [5, 5.41) is 18.2. The topological polar surface area (TPSA) is 57.2 Å². The molecule has 0 bridgehead atoms. The van der Waals surface area contributed by atoms with Gasteiger partial charge in [-0.05, 0) is 78.0 Å². The highest BCUT2D eigenvalue weighted by Crippen LogP contribution is 2.28. The molecule has 1 aromatic heterocycles. The number of benzene rings is 2. The number of nitrogens with one attached hydrogen (secondary N) is 2. The summed E-state index contributed by atoms with van der Waals surface area (Å²) < 4.78 is 1.17. The lowest BCUT2D eigenvalue weighted by molar-refractivity contribution is 0.463. The predicted octanol–water partition coefficient (Wildman–Crippen LogP) is 6.35. The van der Waals surface area contributed by atoms with Gasteiger partial charge in [0.2, 0.25) is 0 Å². The van der Waals surface area contributed by atoms with E-state index in [4.69, 9.17) is 0 Å². The SMILES string of the molecule is CCCCCCCNCc1cc(Nc2ccnc3cc(I)ccc23)ccc1O. The molecule has 0 aliphatic carbocycles. The van der Waals surface area contributed by atoms with Gasteiger partial charge in [-0.1, -0.05) is 32.6 Å². The number of fused-ring (bicyclic) bond motifs is 1. The first-order valence-electron chi connectivity index (χ1n) is 10.0. The monoisotopic (exact) mass is 489 g/mol. The van der Waals surface area contributed by atoms with Crippen molar-refractivity contribution in [2.75, 3.05) is 11.9 Å². The minimum Gasteiger partial charge on any atom is -0.508 e. The third-order valence-corrected chi connectivity index (χ3v) is 5.51. The lowest BCUT2D eigenvalue weighted by atomic mass is 10.1. The summed E-state index contributed by atoms with van der Waals surface area (Å²) >= 11 is 2.30. The van der Waals surface area contributed by atoms with Crippen LogP contribution in [0.5, 0.6) is 5.75 Å². The van der Waals surface area contributed by atoms with Gasteiger partial charge in [0.15, 0.2) is 0 Å². The number of pyridine rings is 1. The van der Waals surface area contributed by atoms with Crippen LogP contribution in [0.3, 0.4) is 0 Å². The van der Waals surface area contributed by atoms with E-state index in [1.165, 1.54) is 35.7 Å². The maximum Gasteiger partial charge on any atom is 0.120 e. The highest BCUT2D eigenvalue weighted by atomic mass is 127. The van der Waals surface area contributed by atoms with Crippen LogP contribution in [0.4, 0.5) is 11.4 Å². The van der Waals surface area contributed by atoms with E-state index >= 15 is 0 Å². The highest BCUT2D eigenvalue weighted by Gasteiger charge is 2.06. The molecule has 3 aromatic rings. The number of unbranched alkanes of at least 4 members (excludes halogenated alkanes) is 4. The predicted molar refractivity (Wildman–Crippen MR) is 126 cm³/mol. The number of anilines is 2. The molecule has 148 valence electrons. The van der Waals surface area contributed by atoms with Gasteiger partial charge >= 0.3 is 0 Å². The van der Waals surface area contributed by atoms with E-state index in [1.807, 2.05) is 24.4 Å². The Morgan fingerprint density at radius 3 is 2.71 bits per heavy atom. The molecule has 5 heteroatoms. The summed E-state index contributed by atoms with van der Waals surface area (Å²) in [6, 6.07) is 13.9. The molecule has 0 radical (unpaired) electrons. The normalized spacial score (nSPS) is 11.1. The first-order chi connectivity index (χ1) is 13.7. The number of phenols is 1. The van der Waals surface area contributed by atoms with E-state index in [0.29, 0.717) is 12.3 Å². The van der Waals surface area contributed by atoms with Crippen LogP contribution >= 0.6 is 22.6 Å². The van der Waals surface area contributed by atoms with Gasteiger partial charge in [-0.2, -0.15) is 0 Å². The zero-order valence-electron chi connectivity index (χ0n) is 16.3. The van der Waals surface area contributed by atoms with Crippen molar-refractivity contribution in [3.8, 4) is 5.75 Å². The summed E-state index contributed by atoms with van der Waals surface area (Å²) in [7, 11) is 0. The van der Waals surface area contributed by atoms with Crippen LogP contribution in [0.15, 0.2) is 48.7 Å². The van der Waals surface area contributed by atoms with Crippen molar-refractivity contribution < 1.29 is 5.11 Å². The van der Waals surface area contributed by atoms with Gasteiger partial charge in [-0.3, -0.25) is 4.98 Å². The Morgan fingerprint density at radius 1 is 1.00 bits per heavy atom. The smallest absolute Gasteiger partial charge is 0.120 e. The standard InChI is InChI=1S/C23H28IN3O/c1-2-3-4-5-6-12-25-16-17-14-19(8-10-23(17)28)27-21-11-13-26-22-15-18(24)7-9-20(21)22/h7-11,13-15,25,28H,2-6,12,16H2,1H3,(H,26,27). The van der Waals surface area contributed by atoms with E-state index in [1.54, 1.807) is 6.07 Å². The zero-order chi connectivity index (χ0) is 19.8. The summed E-state index contributed by atoms with van der Waals surface area (Å²) in [6.07, 6.45) is 8.16. The number of halogens is 1. The Labute approximate surface area is 180 Å². The Morgan fingerprint density at radius 2 is 1.86 bits per heavy atom. The molecule has 0 atom stereocenters. The van der Waals surface area contributed by atoms with Crippen LogP contribution in [0.2, 0.25) is 0 Å². The Balaban J connectivity index is 1.63. The Kier molecular flexibility index (Phi) is 7.91. The molecule has 1 heterocycles. The minimum absolute atomic E-state index is 0.332. The van der Waals surface area contributed by atoms with Crippen molar-refractivity contribution in [2.24, 2.45) is 0 Å². The second kappa shape index (κ2) is 10.6. The molecule has 28 heavy (non-hydrogen) atoms. The van der Waals surface area contributed by atoms with Gasteiger partial charge in [-0.15, -0.1) is 0 Å². The summed E-state index contributed by atoms with van der Waals surface area (Å²) in [5.41, 5.74) is 3.86. The van der Waals surface area contributed by atoms with E-state index in [0.717, 1.165) is 34.4 Å². The van der Waals surface area contributed by atoms with E-state index in [2.05, 4.69) is 63.3 Å². The van der Waals surface area contributed by atoms with Crippen molar-refractivity contribution in [3.63, 3.8) is 0 Å². The van der Waals surface area contributed by atoms with Crippen LogP contribution in [-0.4, -0.2) is 16.6 Å². The maximum absolute atomic E-state index is 10.2. The molecule has 0 spiro atoms. The van der Waals surface area contributed by atoms with E-state index in [9.17, 15) is 5.11 Å². The molecule has 3 N–H and O–H groups in total. The number of rotatable bonds is 10. The van der Waals surface area contributed by atoms with Gasteiger partial charge in [0.05, 0.1) is 5.52 Å². The molecule has 0 saturated heterocycles. The van der Waals surface area contributed by atoms with Crippen molar-refractivity contribution in [1.29, 1.82) is 0 Å². The van der Waals surface area contributed by atoms with Gasteiger partial charge in [-0.25, -0.2) is 0 Å². The van der Waals surface area contributed by atoms with Crippen molar-refractivity contribution in [1.82, 2.24) is 10.3 Å². The number of nitrogens with zero attached hydrogens (tertiary/aromatic N) is 1. The van der Waals surface area contributed by atoms with Gasteiger partial charge < -0.3 is 15.7 Å². The molecule has 4 nitrogen and oxygen atoms in total. The molecular weight excluding hydrogens is 461 g/mol. The van der Waals surface area contributed by atoms with Crippen molar-refractivity contribution >= 4 is 44.9 Å². The van der Waals surface area contributed by atoms with Crippen LogP contribution in [0.25, 0.3) is 10.9 Å². The van der Waals surface area contributed by atoms with Crippen LogP contribution in [-0.2, 0) is 6.54 Å². The number of aromatic hydroxyl groups is 1. The van der Waals surface area contributed by atoms with E-state index < -0.39 is 0 Å².